The first-order chi connectivity index (χ1) is 26.7. The Morgan fingerprint density at radius 2 is 1.40 bits per heavy atom. The van der Waals surface area contributed by atoms with Gasteiger partial charge in [0.1, 0.15) is 0 Å². The highest BCUT2D eigenvalue weighted by atomic mass is 28.4. The highest BCUT2D eigenvalue weighted by Crippen LogP contribution is 2.41. The van der Waals surface area contributed by atoms with E-state index in [0.717, 1.165) is 44.9 Å². The van der Waals surface area contributed by atoms with Crippen molar-refractivity contribution in [2.45, 2.75) is 116 Å². The second-order valence-corrected chi connectivity index (χ2v) is 20.4. The number of hydrogen-bond acceptors (Lipinski definition) is 4. The van der Waals surface area contributed by atoms with Crippen LogP contribution in [0.15, 0.2) is 140 Å². The van der Waals surface area contributed by atoms with E-state index in [1.165, 1.54) is 47.0 Å². The third-order valence-electron chi connectivity index (χ3n) is 11.3. The second-order valence-electron chi connectivity index (χ2n) is 16.2. The van der Waals surface area contributed by atoms with E-state index in [9.17, 15) is 4.79 Å². The Kier molecular flexibility index (Phi) is 16.3. The van der Waals surface area contributed by atoms with Gasteiger partial charge in [-0.15, -0.1) is 0 Å². The molecule has 1 aliphatic rings. The molecular weight excluding hydrogens is 693 g/mol. The Labute approximate surface area is 333 Å². The van der Waals surface area contributed by atoms with Crippen LogP contribution < -0.4 is 10.4 Å². The Hall–Kier alpha value is -4.03. The minimum absolute atomic E-state index is 0.00969. The lowest BCUT2D eigenvalue weighted by molar-refractivity contribution is -0.140. The number of esters is 1. The van der Waals surface area contributed by atoms with Crippen LogP contribution in [0, 0.1) is 11.8 Å². The largest absolute Gasteiger partial charge is 0.469 e. The molecule has 292 valence electrons. The quantitative estimate of drug-likeness (QED) is 0.0390. The van der Waals surface area contributed by atoms with Crippen LogP contribution in [0.2, 0.25) is 5.04 Å². The number of methoxy groups -OCH3 is 1. The monoisotopic (exact) mass is 756 g/mol. The van der Waals surface area contributed by atoms with Crippen molar-refractivity contribution in [3.8, 4) is 11.1 Å². The molecule has 0 aliphatic heterocycles. The normalized spacial score (nSPS) is 18.2. The molecule has 4 aromatic carbocycles. The molecule has 4 atom stereocenters. The van der Waals surface area contributed by atoms with E-state index in [4.69, 9.17) is 13.9 Å². The molecule has 0 saturated heterocycles. The number of unbranched alkanes of at least 4 members (excludes halogenated alkanes) is 3. The Morgan fingerprint density at radius 1 is 0.782 bits per heavy atom. The van der Waals surface area contributed by atoms with Gasteiger partial charge in [-0.2, -0.15) is 0 Å². The van der Waals surface area contributed by atoms with Gasteiger partial charge in [0.15, 0.2) is 0 Å². The van der Waals surface area contributed by atoms with Gasteiger partial charge in [-0.3, -0.25) is 4.79 Å². The van der Waals surface area contributed by atoms with Crippen molar-refractivity contribution >= 4 is 24.7 Å². The Morgan fingerprint density at radius 3 is 2.00 bits per heavy atom. The molecule has 0 bridgehead atoms. The van der Waals surface area contributed by atoms with Gasteiger partial charge in [0.05, 0.1) is 25.9 Å². The van der Waals surface area contributed by atoms with Crippen LogP contribution >= 0.6 is 0 Å². The van der Waals surface area contributed by atoms with Gasteiger partial charge >= 0.3 is 5.97 Å². The minimum Gasteiger partial charge on any atom is -0.469 e. The molecular formula is C50H64O4Si. The highest BCUT2D eigenvalue weighted by Gasteiger charge is 2.51. The average molecular weight is 757 g/mol. The number of hydrogen-bond donors (Lipinski definition) is 0. The first-order valence-electron chi connectivity index (χ1n) is 20.7. The van der Waals surface area contributed by atoms with Crippen molar-refractivity contribution in [1.82, 2.24) is 0 Å². The number of rotatable bonds is 20. The predicted octanol–water partition coefficient (Wildman–Crippen LogP) is 11.6. The van der Waals surface area contributed by atoms with Crippen molar-refractivity contribution in [2.24, 2.45) is 11.8 Å². The summed E-state index contributed by atoms with van der Waals surface area (Å²) in [7, 11) is -1.26. The van der Waals surface area contributed by atoms with Crippen LogP contribution in [0.1, 0.15) is 97.5 Å². The zero-order chi connectivity index (χ0) is 38.9. The molecule has 4 nitrogen and oxygen atoms in total. The standard InChI is InChI=1S/C50H64O4Si/c1-6-7-13-24-44(54-55(50(2,3)4,45-25-16-11-17-26-45)46-27-18-12-19-28-46)37-35-43-36-38-48(47(43)29-20-8-9-21-30-49(51)52-5)53-39-40-31-33-42(34-32-40)41-22-14-10-15-23-41/h8,10-12,14-20,22-23,25-28,31-35,37,43-44,47-48H,6-7,9,13,21,24,29-30,36,38-39H2,1-5H3/b20-8-,37-35+/t43-,44-,47+,48-/m0/s1. The van der Waals surface area contributed by atoms with Crippen LogP contribution in [-0.2, 0) is 25.3 Å². The molecule has 4 aromatic rings. The third-order valence-corrected chi connectivity index (χ3v) is 16.4. The van der Waals surface area contributed by atoms with Crippen LogP contribution in [0.5, 0.6) is 0 Å². The molecule has 1 aliphatic carbocycles. The lowest BCUT2D eigenvalue weighted by Crippen LogP contribution is -2.67. The summed E-state index contributed by atoms with van der Waals surface area (Å²) in [6.45, 7) is 9.99. The zero-order valence-corrected chi connectivity index (χ0v) is 35.0. The van der Waals surface area contributed by atoms with Gasteiger partial charge in [-0.05, 0) is 82.5 Å². The van der Waals surface area contributed by atoms with Crippen LogP contribution in [-0.4, -0.2) is 33.6 Å². The fraction of sp³-hybridized carbons (Fsp3) is 0.420. The molecule has 5 rings (SSSR count). The van der Waals surface area contributed by atoms with Crippen molar-refractivity contribution in [3.05, 3.63) is 145 Å². The Bertz CT molecular complexity index is 1710. The third kappa shape index (κ3) is 11.7. The van der Waals surface area contributed by atoms with E-state index in [0.29, 0.717) is 24.9 Å². The summed E-state index contributed by atoms with van der Waals surface area (Å²) >= 11 is 0. The second kappa shape index (κ2) is 21.3. The average Bonchev–Trinajstić information content (AvgIpc) is 3.60. The summed E-state index contributed by atoms with van der Waals surface area (Å²) < 4.78 is 19.3. The van der Waals surface area contributed by atoms with Gasteiger partial charge in [0.2, 0.25) is 0 Å². The summed E-state index contributed by atoms with van der Waals surface area (Å²) in [4.78, 5) is 11.7. The molecule has 0 radical (unpaired) electrons. The van der Waals surface area contributed by atoms with Gasteiger partial charge in [-0.1, -0.05) is 187 Å². The summed E-state index contributed by atoms with van der Waals surface area (Å²) in [6, 6.07) is 41.4. The fourth-order valence-corrected chi connectivity index (χ4v) is 12.9. The fourth-order valence-electron chi connectivity index (χ4n) is 8.27. The summed E-state index contributed by atoms with van der Waals surface area (Å²) in [5.41, 5.74) is 3.65. The van der Waals surface area contributed by atoms with Crippen LogP contribution in [0.3, 0.4) is 0 Å². The maximum absolute atomic E-state index is 11.7. The van der Waals surface area contributed by atoms with Gasteiger partial charge in [0.25, 0.3) is 8.32 Å². The van der Waals surface area contributed by atoms with Gasteiger partial charge in [0, 0.05) is 6.42 Å². The lowest BCUT2D eigenvalue weighted by Gasteiger charge is -2.45. The molecule has 5 heteroatoms. The number of carbonyl (C=O) groups excluding carboxylic acids is 1. The summed E-state index contributed by atoms with van der Waals surface area (Å²) in [5, 5.41) is 2.56. The van der Waals surface area contributed by atoms with E-state index < -0.39 is 8.32 Å². The number of carbonyl (C=O) groups is 1. The topological polar surface area (TPSA) is 44.8 Å². The summed E-state index contributed by atoms with van der Waals surface area (Å²) in [5.74, 6) is 0.607. The summed E-state index contributed by atoms with van der Waals surface area (Å²) in [6.07, 6.45) is 19.4. The number of benzene rings is 4. The van der Waals surface area contributed by atoms with Crippen molar-refractivity contribution < 1.29 is 18.7 Å². The van der Waals surface area contributed by atoms with E-state index in [-0.39, 0.29) is 23.2 Å². The van der Waals surface area contributed by atoms with Crippen molar-refractivity contribution in [2.75, 3.05) is 7.11 Å². The molecule has 0 unspecified atom stereocenters. The van der Waals surface area contributed by atoms with Crippen molar-refractivity contribution in [3.63, 3.8) is 0 Å². The number of ether oxygens (including phenoxy) is 2. The number of allylic oxidation sites excluding steroid dienone is 3. The molecule has 0 heterocycles. The van der Waals surface area contributed by atoms with Crippen LogP contribution in [0.4, 0.5) is 0 Å². The SMILES string of the molecule is CCCCC[C@@H](/C=C/[C@H]1CC[C@H](OCc2ccc(-c3ccccc3)cc2)[C@@H]1C/C=C\CCCC(=O)OC)O[Si](c1ccccc1)(c1ccccc1)C(C)(C)C. The first-order valence-corrected chi connectivity index (χ1v) is 22.6. The van der Waals surface area contributed by atoms with Crippen molar-refractivity contribution in [1.29, 1.82) is 0 Å². The van der Waals surface area contributed by atoms with Crippen LogP contribution in [0.25, 0.3) is 11.1 Å². The molecule has 0 spiro atoms. The molecule has 0 amide bonds. The maximum atomic E-state index is 11.7. The van der Waals surface area contributed by atoms with Gasteiger partial charge in [-0.25, -0.2) is 0 Å². The van der Waals surface area contributed by atoms with E-state index in [1.807, 2.05) is 0 Å². The molecule has 1 saturated carbocycles. The van der Waals surface area contributed by atoms with E-state index in [2.05, 4.69) is 167 Å². The molecule has 0 N–H and O–H groups in total. The smallest absolute Gasteiger partial charge is 0.305 e. The Balaban J connectivity index is 1.38. The van der Waals surface area contributed by atoms with E-state index >= 15 is 0 Å². The van der Waals surface area contributed by atoms with Gasteiger partial charge < -0.3 is 13.9 Å². The maximum Gasteiger partial charge on any atom is 0.305 e. The lowest BCUT2D eigenvalue weighted by atomic mass is 9.90. The van der Waals surface area contributed by atoms with E-state index in [1.54, 1.807) is 0 Å². The molecule has 0 aromatic heterocycles. The first kappa shape index (κ1) is 42.1. The molecule has 1 fully saturated rings. The predicted molar refractivity (Wildman–Crippen MR) is 232 cm³/mol. The molecule has 55 heavy (non-hydrogen) atoms. The zero-order valence-electron chi connectivity index (χ0n) is 34.0. The highest BCUT2D eigenvalue weighted by molar-refractivity contribution is 6.99. The minimum atomic E-state index is -2.72.